The number of rotatable bonds is 4. The van der Waals surface area contributed by atoms with Crippen molar-refractivity contribution in [3.8, 4) is 5.75 Å². The second-order valence-electron chi connectivity index (χ2n) is 4.46. The highest BCUT2D eigenvalue weighted by Gasteiger charge is 2.30. The van der Waals surface area contributed by atoms with Crippen LogP contribution in [0.3, 0.4) is 0 Å². The molecule has 0 fully saturated rings. The highest BCUT2D eigenvalue weighted by Crippen LogP contribution is 2.24. The summed E-state index contributed by atoms with van der Waals surface area (Å²) in [5, 5.41) is 16.3. The fraction of sp³-hybridized carbons (Fsp3) is 0.0714. The second-order valence-corrected chi connectivity index (χ2v) is 4.87. The number of non-ortho nitro benzene ring substituents is 1. The predicted octanol–water partition coefficient (Wildman–Crippen LogP) is 4.30. The maximum atomic E-state index is 12.1. The van der Waals surface area contributed by atoms with Crippen molar-refractivity contribution in [2.45, 2.75) is 6.36 Å². The van der Waals surface area contributed by atoms with E-state index in [0.717, 1.165) is 12.1 Å². The third kappa shape index (κ3) is 5.39. The molecule has 0 saturated carbocycles. The summed E-state index contributed by atoms with van der Waals surface area (Å²) in [6.45, 7) is 0. The Morgan fingerprint density at radius 1 is 1.08 bits per heavy atom. The van der Waals surface area contributed by atoms with Gasteiger partial charge in [0.05, 0.1) is 4.92 Å². The fourth-order valence-corrected chi connectivity index (χ4v) is 1.97. The molecule has 0 radical (unpaired) electrons. The van der Waals surface area contributed by atoms with Crippen molar-refractivity contribution in [2.75, 3.05) is 10.6 Å². The minimum absolute atomic E-state index is 0.101. The number of halogens is 3. The Hall–Kier alpha value is -2.88. The summed E-state index contributed by atoms with van der Waals surface area (Å²) in [7, 11) is 0. The molecule has 0 unspecified atom stereocenters. The molecule has 0 heterocycles. The largest absolute Gasteiger partial charge is 0.573 e. The molecular formula is C14H10F3N3O3S. The summed E-state index contributed by atoms with van der Waals surface area (Å²) in [5.41, 5.74) is 0.725. The van der Waals surface area contributed by atoms with Gasteiger partial charge in [-0.1, -0.05) is 6.07 Å². The number of thiocarbonyl (C=S) groups is 1. The first-order chi connectivity index (χ1) is 11.2. The Balaban J connectivity index is 1.97. The van der Waals surface area contributed by atoms with Gasteiger partial charge < -0.3 is 15.4 Å². The van der Waals surface area contributed by atoms with E-state index in [2.05, 4.69) is 15.4 Å². The molecule has 2 N–H and O–H groups in total. The maximum Gasteiger partial charge on any atom is 0.573 e. The normalized spacial score (nSPS) is 10.8. The van der Waals surface area contributed by atoms with Crippen molar-refractivity contribution < 1.29 is 22.8 Å². The van der Waals surface area contributed by atoms with Gasteiger partial charge in [-0.25, -0.2) is 0 Å². The number of nitrogens with zero attached hydrogens (tertiary/aromatic N) is 1. The molecule has 2 aromatic carbocycles. The van der Waals surface area contributed by atoms with Crippen molar-refractivity contribution in [3.05, 3.63) is 58.6 Å². The van der Waals surface area contributed by atoms with E-state index in [0.29, 0.717) is 11.4 Å². The number of nitro benzene ring substituents is 1. The van der Waals surface area contributed by atoms with Crippen LogP contribution in [0.4, 0.5) is 30.2 Å². The van der Waals surface area contributed by atoms with Gasteiger partial charge in [-0.2, -0.15) is 0 Å². The van der Waals surface area contributed by atoms with Gasteiger partial charge >= 0.3 is 6.36 Å². The Bertz CT molecular complexity index is 751. The number of nitrogens with one attached hydrogen (secondary N) is 2. The Morgan fingerprint density at radius 2 is 1.71 bits per heavy atom. The van der Waals surface area contributed by atoms with Crippen LogP contribution >= 0.6 is 12.2 Å². The molecule has 0 bridgehead atoms. The summed E-state index contributed by atoms with van der Waals surface area (Å²) in [4.78, 5) is 10.2. The first-order valence-corrected chi connectivity index (χ1v) is 6.82. The Morgan fingerprint density at radius 3 is 2.29 bits per heavy atom. The van der Waals surface area contributed by atoms with E-state index in [1.54, 1.807) is 6.07 Å². The molecule has 6 nitrogen and oxygen atoms in total. The van der Waals surface area contributed by atoms with Crippen molar-refractivity contribution in [1.29, 1.82) is 0 Å². The summed E-state index contributed by atoms with van der Waals surface area (Å²) in [6.07, 6.45) is -4.76. The predicted molar refractivity (Wildman–Crippen MR) is 86.1 cm³/mol. The molecular weight excluding hydrogens is 347 g/mol. The van der Waals surface area contributed by atoms with Crippen LogP contribution in [-0.2, 0) is 0 Å². The lowest BCUT2D eigenvalue weighted by atomic mass is 10.3. The minimum atomic E-state index is -4.76. The van der Waals surface area contributed by atoms with Gasteiger partial charge in [-0.3, -0.25) is 10.1 Å². The number of benzene rings is 2. The molecule has 0 aliphatic rings. The number of hydrogen-bond acceptors (Lipinski definition) is 4. The summed E-state index contributed by atoms with van der Waals surface area (Å²) in [6, 6.07) is 10.7. The highest BCUT2D eigenvalue weighted by atomic mass is 32.1. The zero-order valence-corrected chi connectivity index (χ0v) is 12.6. The summed E-state index contributed by atoms with van der Waals surface area (Å²) in [5.74, 6) is -0.356. The second kappa shape index (κ2) is 7.13. The first kappa shape index (κ1) is 17.5. The molecule has 0 amide bonds. The zero-order valence-electron chi connectivity index (χ0n) is 11.8. The van der Waals surface area contributed by atoms with Gasteiger partial charge in [0, 0.05) is 23.5 Å². The summed E-state index contributed by atoms with van der Waals surface area (Å²) >= 11 is 5.04. The van der Waals surface area contributed by atoms with Gasteiger partial charge in [0.1, 0.15) is 5.75 Å². The van der Waals surface area contributed by atoms with Gasteiger partial charge in [-0.05, 0) is 42.5 Å². The smallest absolute Gasteiger partial charge is 0.406 e. The zero-order chi connectivity index (χ0) is 17.7. The average molecular weight is 357 g/mol. The van der Waals surface area contributed by atoms with E-state index < -0.39 is 11.3 Å². The summed E-state index contributed by atoms with van der Waals surface area (Å²) < 4.78 is 40.0. The molecule has 0 saturated heterocycles. The lowest BCUT2D eigenvalue weighted by Gasteiger charge is -2.12. The number of anilines is 2. The van der Waals surface area contributed by atoms with Crippen molar-refractivity contribution in [2.24, 2.45) is 0 Å². The van der Waals surface area contributed by atoms with Gasteiger partial charge in [0.15, 0.2) is 5.11 Å². The molecule has 10 heteroatoms. The topological polar surface area (TPSA) is 76.4 Å². The Labute approximate surface area is 139 Å². The molecule has 2 aromatic rings. The number of hydrogen-bond donors (Lipinski definition) is 2. The number of ether oxygens (including phenoxy) is 1. The Kier molecular flexibility index (Phi) is 5.19. The minimum Gasteiger partial charge on any atom is -0.406 e. The first-order valence-electron chi connectivity index (χ1n) is 6.41. The molecule has 0 aliphatic carbocycles. The number of nitro groups is 1. The monoisotopic (exact) mass is 357 g/mol. The van der Waals surface area contributed by atoms with Gasteiger partial charge in [-0.15, -0.1) is 13.2 Å². The van der Waals surface area contributed by atoms with Gasteiger partial charge in [0.2, 0.25) is 0 Å². The number of alkyl halides is 3. The molecule has 2 rings (SSSR count). The molecule has 0 aromatic heterocycles. The van der Waals surface area contributed by atoms with E-state index in [1.807, 2.05) is 0 Å². The van der Waals surface area contributed by atoms with Gasteiger partial charge in [0.25, 0.3) is 5.69 Å². The molecule has 24 heavy (non-hydrogen) atoms. The molecule has 126 valence electrons. The SMILES string of the molecule is O=[N+]([O-])c1cccc(NC(=S)Nc2ccc(OC(F)(F)F)cc2)c1. The van der Waals surface area contributed by atoms with E-state index in [9.17, 15) is 23.3 Å². The van der Waals surface area contributed by atoms with Crippen LogP contribution in [0.2, 0.25) is 0 Å². The third-order valence-electron chi connectivity index (χ3n) is 2.66. The average Bonchev–Trinajstić information content (AvgIpc) is 2.48. The fourth-order valence-electron chi connectivity index (χ4n) is 1.73. The standard InChI is InChI=1S/C14H10F3N3O3S/c15-14(16,17)23-12-6-4-9(5-7-12)18-13(24)19-10-2-1-3-11(8-10)20(21)22/h1-8H,(H2,18,19,24). The van der Waals surface area contributed by atoms with Crippen molar-refractivity contribution in [3.63, 3.8) is 0 Å². The van der Waals surface area contributed by atoms with E-state index >= 15 is 0 Å². The maximum absolute atomic E-state index is 12.1. The van der Waals surface area contributed by atoms with Crippen LogP contribution in [0.25, 0.3) is 0 Å². The van der Waals surface area contributed by atoms with E-state index in [-0.39, 0.29) is 16.5 Å². The molecule has 0 aliphatic heterocycles. The lowest BCUT2D eigenvalue weighted by molar-refractivity contribution is -0.384. The van der Waals surface area contributed by atoms with E-state index in [1.165, 1.54) is 30.3 Å². The van der Waals surface area contributed by atoms with E-state index in [4.69, 9.17) is 12.2 Å². The third-order valence-corrected chi connectivity index (χ3v) is 2.86. The van der Waals surface area contributed by atoms with Crippen LogP contribution in [0.5, 0.6) is 5.75 Å². The quantitative estimate of drug-likeness (QED) is 0.483. The van der Waals surface area contributed by atoms with Crippen molar-refractivity contribution >= 4 is 34.4 Å². The van der Waals surface area contributed by atoms with Crippen LogP contribution in [0.1, 0.15) is 0 Å². The highest BCUT2D eigenvalue weighted by molar-refractivity contribution is 7.80. The lowest BCUT2D eigenvalue weighted by Crippen LogP contribution is -2.19. The molecule has 0 spiro atoms. The van der Waals surface area contributed by atoms with Crippen LogP contribution in [0, 0.1) is 10.1 Å². The van der Waals surface area contributed by atoms with Crippen molar-refractivity contribution in [1.82, 2.24) is 0 Å². The van der Waals surface area contributed by atoms with Crippen LogP contribution in [-0.4, -0.2) is 16.4 Å². The van der Waals surface area contributed by atoms with Crippen LogP contribution in [0.15, 0.2) is 48.5 Å². The van der Waals surface area contributed by atoms with Crippen LogP contribution < -0.4 is 15.4 Å². The molecule has 0 atom stereocenters.